The van der Waals surface area contributed by atoms with Crippen molar-refractivity contribution < 1.29 is 4.79 Å². The molecule has 18 heavy (non-hydrogen) atoms. The summed E-state index contributed by atoms with van der Waals surface area (Å²) in [5, 5.41) is 8.10. The summed E-state index contributed by atoms with van der Waals surface area (Å²) in [5.41, 5.74) is 1.22. The van der Waals surface area contributed by atoms with E-state index in [0.29, 0.717) is 17.9 Å². The molecule has 2 aromatic heterocycles. The third-order valence-corrected chi connectivity index (χ3v) is 3.35. The predicted octanol–water partition coefficient (Wildman–Crippen LogP) is 1.54. The van der Waals surface area contributed by atoms with Crippen molar-refractivity contribution in [2.45, 2.75) is 19.8 Å². The molecule has 2 heterocycles. The molecule has 1 fully saturated rings. The average molecular weight is 266 g/mol. The second kappa shape index (κ2) is 4.20. The van der Waals surface area contributed by atoms with E-state index < -0.39 is 0 Å². The third kappa shape index (κ3) is 1.73. The molecule has 7 heteroatoms. The standard InChI is InChI=1S/C11H12ClN5O/c1-2-16(10(18)7-3-4-7)8-5-13-11(12)17-6-14-15-9(8)17/h5-7H,2-4H2,1H3. The number of hydrogen-bond donors (Lipinski definition) is 0. The summed E-state index contributed by atoms with van der Waals surface area (Å²) in [7, 11) is 0. The number of halogens is 1. The molecule has 1 aliphatic carbocycles. The Hall–Kier alpha value is -1.69. The van der Waals surface area contributed by atoms with Crippen LogP contribution < -0.4 is 4.90 Å². The van der Waals surface area contributed by atoms with Crippen LogP contribution in [0.5, 0.6) is 0 Å². The van der Waals surface area contributed by atoms with Gasteiger partial charge < -0.3 is 4.90 Å². The van der Waals surface area contributed by atoms with Crippen LogP contribution in [0.3, 0.4) is 0 Å². The molecule has 1 saturated carbocycles. The highest BCUT2D eigenvalue weighted by Crippen LogP contribution is 2.33. The van der Waals surface area contributed by atoms with Gasteiger partial charge >= 0.3 is 0 Å². The van der Waals surface area contributed by atoms with E-state index in [-0.39, 0.29) is 17.1 Å². The Labute approximate surface area is 109 Å². The summed E-state index contributed by atoms with van der Waals surface area (Å²) in [6.07, 6.45) is 5.01. The normalized spacial score (nSPS) is 15.0. The first kappa shape index (κ1) is 11.4. The van der Waals surface area contributed by atoms with Crippen molar-refractivity contribution in [3.63, 3.8) is 0 Å². The van der Waals surface area contributed by atoms with Gasteiger partial charge in [-0.1, -0.05) is 0 Å². The van der Waals surface area contributed by atoms with Crippen molar-refractivity contribution in [3.05, 3.63) is 17.8 Å². The van der Waals surface area contributed by atoms with Crippen LogP contribution >= 0.6 is 11.6 Å². The van der Waals surface area contributed by atoms with Crippen molar-refractivity contribution in [3.8, 4) is 0 Å². The quantitative estimate of drug-likeness (QED) is 0.790. The fourth-order valence-electron chi connectivity index (χ4n) is 1.96. The van der Waals surface area contributed by atoms with Crippen molar-refractivity contribution in [1.29, 1.82) is 0 Å². The van der Waals surface area contributed by atoms with Gasteiger partial charge in [0, 0.05) is 12.5 Å². The molecule has 2 aromatic rings. The summed E-state index contributed by atoms with van der Waals surface area (Å²) >= 11 is 5.94. The van der Waals surface area contributed by atoms with Crippen LogP contribution in [0, 0.1) is 5.92 Å². The van der Waals surface area contributed by atoms with Crippen LogP contribution in [0.15, 0.2) is 12.5 Å². The third-order valence-electron chi connectivity index (χ3n) is 3.07. The topological polar surface area (TPSA) is 63.4 Å². The molecule has 0 radical (unpaired) electrons. The fourth-order valence-corrected chi connectivity index (χ4v) is 2.14. The summed E-state index contributed by atoms with van der Waals surface area (Å²) in [5.74, 6) is 0.287. The van der Waals surface area contributed by atoms with Gasteiger partial charge in [-0.15, -0.1) is 10.2 Å². The minimum atomic E-state index is 0.131. The second-order valence-corrected chi connectivity index (χ2v) is 4.63. The number of hydrogen-bond acceptors (Lipinski definition) is 4. The van der Waals surface area contributed by atoms with Gasteiger partial charge in [0.05, 0.1) is 6.20 Å². The van der Waals surface area contributed by atoms with Crippen molar-refractivity contribution in [2.75, 3.05) is 11.4 Å². The van der Waals surface area contributed by atoms with Crippen LogP contribution in [-0.4, -0.2) is 32.0 Å². The number of amides is 1. The van der Waals surface area contributed by atoms with Crippen LogP contribution in [0.2, 0.25) is 5.28 Å². The predicted molar refractivity (Wildman–Crippen MR) is 66.5 cm³/mol. The van der Waals surface area contributed by atoms with E-state index >= 15 is 0 Å². The Kier molecular flexibility index (Phi) is 2.66. The van der Waals surface area contributed by atoms with Crippen LogP contribution in [0.25, 0.3) is 5.65 Å². The van der Waals surface area contributed by atoms with E-state index in [9.17, 15) is 4.79 Å². The number of anilines is 1. The molecule has 3 rings (SSSR count). The Balaban J connectivity index is 2.09. The molecule has 1 aliphatic rings. The van der Waals surface area contributed by atoms with E-state index in [1.165, 1.54) is 6.33 Å². The highest BCUT2D eigenvalue weighted by molar-refractivity contribution is 6.28. The number of rotatable bonds is 3. The van der Waals surface area contributed by atoms with Crippen LogP contribution in [0.1, 0.15) is 19.8 Å². The maximum absolute atomic E-state index is 12.2. The smallest absolute Gasteiger partial charge is 0.230 e. The SMILES string of the molecule is CCN(C(=O)C1CC1)c1cnc(Cl)n2cnnc12. The zero-order valence-corrected chi connectivity index (χ0v) is 10.6. The Bertz CT molecular complexity index is 606. The van der Waals surface area contributed by atoms with Gasteiger partial charge in [0.25, 0.3) is 0 Å². The molecule has 0 unspecified atom stereocenters. The van der Waals surface area contributed by atoms with E-state index in [4.69, 9.17) is 11.6 Å². The zero-order chi connectivity index (χ0) is 12.7. The van der Waals surface area contributed by atoms with E-state index in [2.05, 4.69) is 15.2 Å². The molecule has 0 spiro atoms. The van der Waals surface area contributed by atoms with Crippen molar-refractivity contribution in [1.82, 2.24) is 19.6 Å². The number of nitrogens with zero attached hydrogens (tertiary/aromatic N) is 5. The monoisotopic (exact) mass is 265 g/mol. The van der Waals surface area contributed by atoms with Crippen LogP contribution in [0.4, 0.5) is 5.69 Å². The van der Waals surface area contributed by atoms with Gasteiger partial charge in [-0.2, -0.15) is 0 Å². The largest absolute Gasteiger partial charge is 0.308 e. The number of carbonyl (C=O) groups excluding carboxylic acids is 1. The molecule has 6 nitrogen and oxygen atoms in total. The molecular formula is C11H12ClN5O. The van der Waals surface area contributed by atoms with Gasteiger partial charge in [0.2, 0.25) is 11.2 Å². The number of carbonyl (C=O) groups is 1. The first-order chi connectivity index (χ1) is 8.72. The summed E-state index contributed by atoms with van der Waals surface area (Å²) in [6.45, 7) is 2.52. The minimum Gasteiger partial charge on any atom is -0.308 e. The Morgan fingerprint density at radius 3 is 3.06 bits per heavy atom. The molecule has 0 bridgehead atoms. The Morgan fingerprint density at radius 1 is 1.61 bits per heavy atom. The van der Waals surface area contributed by atoms with Gasteiger partial charge in [0.15, 0.2) is 5.65 Å². The summed E-state index contributed by atoms with van der Waals surface area (Å²) in [4.78, 5) is 18.0. The number of aromatic nitrogens is 4. The fraction of sp³-hybridized carbons (Fsp3) is 0.455. The molecule has 0 aliphatic heterocycles. The molecule has 0 saturated heterocycles. The van der Waals surface area contributed by atoms with E-state index in [0.717, 1.165) is 12.8 Å². The lowest BCUT2D eigenvalue weighted by atomic mass is 10.3. The maximum atomic E-state index is 12.2. The lowest BCUT2D eigenvalue weighted by Crippen LogP contribution is -2.32. The minimum absolute atomic E-state index is 0.131. The first-order valence-corrected chi connectivity index (χ1v) is 6.25. The van der Waals surface area contributed by atoms with Crippen LogP contribution in [-0.2, 0) is 4.79 Å². The molecule has 0 N–H and O–H groups in total. The van der Waals surface area contributed by atoms with Crippen molar-refractivity contribution >= 4 is 28.8 Å². The second-order valence-electron chi connectivity index (χ2n) is 4.29. The van der Waals surface area contributed by atoms with Gasteiger partial charge in [0.1, 0.15) is 12.0 Å². The van der Waals surface area contributed by atoms with Gasteiger partial charge in [-0.3, -0.25) is 9.20 Å². The lowest BCUT2D eigenvalue weighted by Gasteiger charge is -2.20. The molecule has 1 amide bonds. The summed E-state index contributed by atoms with van der Waals surface area (Å²) < 4.78 is 1.57. The lowest BCUT2D eigenvalue weighted by molar-refractivity contribution is -0.119. The molecule has 0 aromatic carbocycles. The zero-order valence-electron chi connectivity index (χ0n) is 9.88. The number of fused-ring (bicyclic) bond motifs is 1. The summed E-state index contributed by atoms with van der Waals surface area (Å²) in [6, 6.07) is 0. The van der Waals surface area contributed by atoms with E-state index in [1.807, 2.05) is 6.92 Å². The molecule has 94 valence electrons. The average Bonchev–Trinajstić information content (AvgIpc) is 3.10. The van der Waals surface area contributed by atoms with Gasteiger partial charge in [-0.05, 0) is 31.4 Å². The Morgan fingerprint density at radius 2 is 2.39 bits per heavy atom. The molecule has 0 atom stereocenters. The highest BCUT2D eigenvalue weighted by atomic mass is 35.5. The van der Waals surface area contributed by atoms with Gasteiger partial charge in [-0.25, -0.2) is 4.98 Å². The molecular weight excluding hydrogens is 254 g/mol. The van der Waals surface area contributed by atoms with E-state index in [1.54, 1.807) is 15.5 Å². The first-order valence-electron chi connectivity index (χ1n) is 5.88. The highest BCUT2D eigenvalue weighted by Gasteiger charge is 2.34. The maximum Gasteiger partial charge on any atom is 0.230 e. The van der Waals surface area contributed by atoms with Crippen molar-refractivity contribution in [2.24, 2.45) is 5.92 Å².